The molecule has 1 aromatic rings. The summed E-state index contributed by atoms with van der Waals surface area (Å²) >= 11 is 0. The molecule has 0 aromatic heterocycles. The van der Waals surface area contributed by atoms with Crippen LogP contribution in [-0.4, -0.2) is 44.2 Å². The number of aliphatic hydroxyl groups is 1. The van der Waals surface area contributed by atoms with Crippen LogP contribution in [-0.2, 0) is 10.0 Å². The summed E-state index contributed by atoms with van der Waals surface area (Å²) in [5.41, 5.74) is -0.820. The van der Waals surface area contributed by atoms with Crippen molar-refractivity contribution in [2.24, 2.45) is 0 Å². The highest BCUT2D eigenvalue weighted by atomic mass is 32.2. The molecule has 0 radical (unpaired) electrons. The molecule has 3 N–H and O–H groups in total. The van der Waals surface area contributed by atoms with Crippen LogP contribution in [0.5, 0.6) is 0 Å². The first-order chi connectivity index (χ1) is 9.74. The van der Waals surface area contributed by atoms with Gasteiger partial charge in [-0.05, 0) is 19.1 Å². The van der Waals surface area contributed by atoms with E-state index in [0.29, 0.717) is 12.6 Å². The van der Waals surface area contributed by atoms with Gasteiger partial charge in [-0.3, -0.25) is 10.1 Å². The van der Waals surface area contributed by atoms with Crippen LogP contribution in [0.1, 0.15) is 6.92 Å². The topological polar surface area (TPSA) is 122 Å². The van der Waals surface area contributed by atoms with Crippen LogP contribution in [0, 0.1) is 15.9 Å². The Labute approximate surface area is 121 Å². The molecule has 1 rings (SSSR count). The normalized spacial score (nSPS) is 13.1. The van der Waals surface area contributed by atoms with E-state index < -0.39 is 37.5 Å². The van der Waals surface area contributed by atoms with Crippen LogP contribution in [0.15, 0.2) is 23.1 Å². The number of aliphatic hydroxyl groups excluding tert-OH is 1. The molecule has 0 saturated heterocycles. The number of rotatable bonds is 8. The van der Waals surface area contributed by atoms with Crippen LogP contribution in [0.3, 0.4) is 0 Å². The maximum absolute atomic E-state index is 13.0. The Kier molecular flexibility index (Phi) is 6.15. The summed E-state index contributed by atoms with van der Waals surface area (Å²) in [6.07, 6.45) is -0.570. The molecular formula is C11H16FN3O5S. The Morgan fingerprint density at radius 3 is 2.67 bits per heavy atom. The lowest BCUT2D eigenvalue weighted by atomic mass is 10.3. The number of nitro benzene ring substituents is 1. The van der Waals surface area contributed by atoms with Gasteiger partial charge >= 0.3 is 0 Å². The van der Waals surface area contributed by atoms with Crippen LogP contribution in [0.2, 0.25) is 0 Å². The van der Waals surface area contributed by atoms with Crippen molar-refractivity contribution < 1.29 is 22.8 Å². The van der Waals surface area contributed by atoms with Crippen molar-refractivity contribution in [2.75, 3.05) is 19.6 Å². The molecule has 0 aliphatic carbocycles. The van der Waals surface area contributed by atoms with Gasteiger partial charge in [-0.2, -0.15) is 0 Å². The van der Waals surface area contributed by atoms with Crippen molar-refractivity contribution in [3.63, 3.8) is 0 Å². The number of nitro groups is 1. The number of benzene rings is 1. The van der Waals surface area contributed by atoms with Gasteiger partial charge in [0.1, 0.15) is 5.82 Å². The van der Waals surface area contributed by atoms with E-state index in [1.807, 2.05) is 0 Å². The fourth-order valence-corrected chi connectivity index (χ4v) is 2.71. The predicted molar refractivity (Wildman–Crippen MR) is 72.8 cm³/mol. The Balaban J connectivity index is 2.77. The van der Waals surface area contributed by atoms with E-state index in [9.17, 15) is 22.9 Å². The van der Waals surface area contributed by atoms with Crippen LogP contribution >= 0.6 is 0 Å². The fourth-order valence-electron chi connectivity index (χ4n) is 1.52. The second-order valence-electron chi connectivity index (χ2n) is 4.32. The lowest BCUT2D eigenvalue weighted by Gasteiger charge is -2.09. The summed E-state index contributed by atoms with van der Waals surface area (Å²) in [6, 6.07) is 2.24. The average molecular weight is 321 g/mol. The molecule has 0 heterocycles. The van der Waals surface area contributed by atoms with Crippen molar-refractivity contribution in [1.82, 2.24) is 10.0 Å². The first-order valence-corrected chi connectivity index (χ1v) is 7.54. The van der Waals surface area contributed by atoms with Crippen LogP contribution < -0.4 is 10.0 Å². The molecule has 1 aromatic carbocycles. The van der Waals surface area contributed by atoms with Crippen molar-refractivity contribution in [3.05, 3.63) is 34.1 Å². The van der Waals surface area contributed by atoms with Crippen molar-refractivity contribution >= 4 is 15.7 Å². The molecule has 0 saturated carbocycles. The lowest BCUT2D eigenvalue weighted by Crippen LogP contribution is -2.34. The van der Waals surface area contributed by atoms with Crippen molar-refractivity contribution in [3.8, 4) is 0 Å². The highest BCUT2D eigenvalue weighted by Gasteiger charge is 2.25. The van der Waals surface area contributed by atoms with Gasteiger partial charge < -0.3 is 10.4 Å². The fraction of sp³-hybridized carbons (Fsp3) is 0.455. The molecule has 0 spiro atoms. The number of nitrogens with zero attached hydrogens (tertiary/aromatic N) is 1. The molecule has 1 unspecified atom stereocenters. The van der Waals surface area contributed by atoms with E-state index in [0.717, 1.165) is 12.1 Å². The lowest BCUT2D eigenvalue weighted by molar-refractivity contribution is -0.388. The third-order valence-electron chi connectivity index (χ3n) is 2.44. The number of nitrogens with one attached hydrogen (secondary N) is 2. The third-order valence-corrected chi connectivity index (χ3v) is 3.95. The van der Waals surface area contributed by atoms with Crippen LogP contribution in [0.25, 0.3) is 0 Å². The molecule has 0 bridgehead atoms. The second-order valence-corrected chi connectivity index (χ2v) is 6.06. The van der Waals surface area contributed by atoms with E-state index in [-0.39, 0.29) is 13.1 Å². The van der Waals surface area contributed by atoms with Gasteiger partial charge in [0.25, 0.3) is 5.69 Å². The van der Waals surface area contributed by atoms with Gasteiger partial charge in [0, 0.05) is 19.6 Å². The Hall–Kier alpha value is -1.62. The van der Waals surface area contributed by atoms with E-state index in [2.05, 4.69) is 10.0 Å². The van der Waals surface area contributed by atoms with Gasteiger partial charge in [-0.15, -0.1) is 0 Å². The quantitative estimate of drug-likeness (QED) is 0.351. The first-order valence-electron chi connectivity index (χ1n) is 6.06. The van der Waals surface area contributed by atoms with Crippen molar-refractivity contribution in [1.29, 1.82) is 0 Å². The monoisotopic (exact) mass is 321 g/mol. The average Bonchev–Trinajstić information content (AvgIpc) is 2.37. The smallest absolute Gasteiger partial charge is 0.292 e. The molecule has 0 amide bonds. The minimum absolute atomic E-state index is 0.0242. The summed E-state index contributed by atoms with van der Waals surface area (Å²) < 4.78 is 39.0. The highest BCUT2D eigenvalue weighted by molar-refractivity contribution is 7.89. The van der Waals surface area contributed by atoms with Gasteiger partial charge in [0.2, 0.25) is 10.0 Å². The maximum Gasteiger partial charge on any atom is 0.292 e. The standard InChI is InChI=1S/C11H16FN3O5S/c1-8(16)7-13-4-5-14-21(19,20)11-3-2-9(12)6-10(11)15(17)18/h2-3,6,8,13-14,16H,4-5,7H2,1H3. The summed E-state index contributed by atoms with van der Waals surface area (Å²) in [7, 11) is -4.11. The first kappa shape index (κ1) is 17.4. The van der Waals surface area contributed by atoms with Gasteiger partial charge in [-0.1, -0.05) is 0 Å². The van der Waals surface area contributed by atoms with Crippen molar-refractivity contribution in [2.45, 2.75) is 17.9 Å². The largest absolute Gasteiger partial charge is 0.392 e. The zero-order chi connectivity index (χ0) is 16.0. The molecule has 0 aliphatic rings. The molecule has 1 atom stereocenters. The molecular weight excluding hydrogens is 305 g/mol. The summed E-state index contributed by atoms with van der Waals surface area (Å²) in [5.74, 6) is -0.890. The van der Waals surface area contributed by atoms with E-state index in [1.54, 1.807) is 6.92 Å². The molecule has 8 nitrogen and oxygen atoms in total. The summed E-state index contributed by atoms with van der Waals surface area (Å²) in [5, 5.41) is 22.6. The van der Waals surface area contributed by atoms with Gasteiger partial charge in [0.05, 0.1) is 17.1 Å². The molecule has 118 valence electrons. The number of halogens is 1. The predicted octanol–water partition coefficient (Wildman–Crippen LogP) is -0.0174. The molecule has 0 fully saturated rings. The molecule has 0 aliphatic heterocycles. The second kappa shape index (κ2) is 7.41. The minimum atomic E-state index is -4.11. The van der Waals surface area contributed by atoms with E-state index >= 15 is 0 Å². The van der Waals surface area contributed by atoms with E-state index in [1.165, 1.54) is 0 Å². The molecule has 10 heteroatoms. The summed E-state index contributed by atoms with van der Waals surface area (Å²) in [6.45, 7) is 2.07. The molecule has 21 heavy (non-hydrogen) atoms. The number of hydrogen-bond donors (Lipinski definition) is 3. The Morgan fingerprint density at radius 1 is 1.43 bits per heavy atom. The van der Waals surface area contributed by atoms with E-state index in [4.69, 9.17) is 5.11 Å². The van der Waals surface area contributed by atoms with Crippen LogP contribution in [0.4, 0.5) is 10.1 Å². The maximum atomic E-state index is 13.0. The number of sulfonamides is 1. The van der Waals surface area contributed by atoms with Gasteiger partial charge in [-0.25, -0.2) is 17.5 Å². The Morgan fingerprint density at radius 2 is 2.10 bits per heavy atom. The zero-order valence-electron chi connectivity index (χ0n) is 11.2. The van der Waals surface area contributed by atoms with Gasteiger partial charge in [0.15, 0.2) is 4.90 Å². The minimum Gasteiger partial charge on any atom is -0.392 e. The highest BCUT2D eigenvalue weighted by Crippen LogP contribution is 2.24. The Bertz CT molecular complexity index is 606. The third kappa shape index (κ3) is 5.34. The zero-order valence-corrected chi connectivity index (χ0v) is 12.1. The summed E-state index contributed by atoms with van der Waals surface area (Å²) in [4.78, 5) is 9.23. The SMILES string of the molecule is CC(O)CNCCNS(=O)(=O)c1ccc(F)cc1[N+](=O)[O-]. The number of hydrogen-bond acceptors (Lipinski definition) is 6.